The van der Waals surface area contributed by atoms with E-state index in [4.69, 9.17) is 15.6 Å². The summed E-state index contributed by atoms with van der Waals surface area (Å²) < 4.78 is 9.35. The molecule has 1 saturated carbocycles. The molecule has 2 aliphatic rings. The fourth-order valence-electron chi connectivity index (χ4n) is 5.21. The number of fused-ring (bicyclic) bond motifs is 1. The number of nitrogens with zero attached hydrogens (tertiary/aromatic N) is 7. The molecule has 12 nitrogen and oxygen atoms in total. The Morgan fingerprint density at radius 2 is 1.62 bits per heavy atom. The molecule has 1 aliphatic carbocycles. The molecule has 3 N–H and O–H groups in total. The predicted molar refractivity (Wildman–Crippen MR) is 163 cm³/mol. The number of aromatic hydroxyl groups is 1. The quantitative estimate of drug-likeness (QED) is 0.197. The third-order valence-corrected chi connectivity index (χ3v) is 7.40. The summed E-state index contributed by atoms with van der Waals surface area (Å²) >= 11 is 0. The molecule has 4 aromatic rings. The Balaban J connectivity index is 0.000000206. The van der Waals surface area contributed by atoms with Crippen LogP contribution in [0.5, 0.6) is 5.75 Å². The van der Waals surface area contributed by atoms with Gasteiger partial charge in [0.1, 0.15) is 17.8 Å². The molecule has 1 aliphatic heterocycles. The number of non-ortho nitro benzene ring substituents is 1. The number of piperidine rings is 1. The number of nitrogens with two attached hydrogens (primary N) is 1. The van der Waals surface area contributed by atoms with Crippen molar-refractivity contribution in [3.8, 4) is 16.9 Å². The lowest BCUT2D eigenvalue weighted by atomic mass is 10.0. The number of nitro benzene ring substituents is 1. The second kappa shape index (κ2) is 15.2. The minimum absolute atomic E-state index is 0.0159. The Kier molecular flexibility index (Phi) is 11.1. The molecular formula is C30H42N8O4. The fraction of sp³-hybridized carbons (Fsp3) is 0.500. The van der Waals surface area contributed by atoms with Gasteiger partial charge in [-0.3, -0.25) is 10.1 Å². The van der Waals surface area contributed by atoms with Crippen molar-refractivity contribution in [2.45, 2.75) is 77.9 Å². The summed E-state index contributed by atoms with van der Waals surface area (Å²) in [6.07, 6.45) is 16.4. The number of anilines is 2. The van der Waals surface area contributed by atoms with Crippen molar-refractivity contribution in [2.75, 3.05) is 30.3 Å². The van der Waals surface area contributed by atoms with Crippen LogP contribution in [0.15, 0.2) is 48.8 Å². The molecule has 1 atom stereocenters. The number of benzene rings is 1. The number of ether oxygens (including phenoxy) is 1. The lowest BCUT2D eigenvalue weighted by Crippen LogP contribution is -2.31. The number of rotatable bonds is 6. The van der Waals surface area contributed by atoms with E-state index in [1.54, 1.807) is 0 Å². The largest absolute Gasteiger partial charge is 0.508 e. The highest BCUT2D eigenvalue weighted by Gasteiger charge is 2.21. The first-order chi connectivity index (χ1) is 20.4. The topological polar surface area (TPSA) is 150 Å². The highest BCUT2D eigenvalue weighted by molar-refractivity contribution is 5.78. The van der Waals surface area contributed by atoms with Crippen LogP contribution in [0, 0.1) is 10.1 Å². The van der Waals surface area contributed by atoms with Gasteiger partial charge in [0, 0.05) is 49.2 Å². The number of pyridine rings is 1. The lowest BCUT2D eigenvalue weighted by Gasteiger charge is -2.30. The zero-order valence-corrected chi connectivity index (χ0v) is 24.6. The van der Waals surface area contributed by atoms with Crippen LogP contribution in [0.1, 0.15) is 77.9 Å². The molecule has 42 heavy (non-hydrogen) atoms. The van der Waals surface area contributed by atoms with E-state index in [1.165, 1.54) is 82.1 Å². The van der Waals surface area contributed by atoms with Crippen LogP contribution in [0.2, 0.25) is 0 Å². The number of hydrogen-bond acceptors (Lipinski definition) is 9. The van der Waals surface area contributed by atoms with Gasteiger partial charge < -0.3 is 20.5 Å². The van der Waals surface area contributed by atoms with Crippen LogP contribution in [-0.2, 0) is 4.74 Å². The monoisotopic (exact) mass is 578 g/mol. The third kappa shape index (κ3) is 8.19. The Labute approximate surface area is 246 Å². The van der Waals surface area contributed by atoms with Gasteiger partial charge in [-0.25, -0.2) is 4.68 Å². The van der Waals surface area contributed by atoms with E-state index in [0.717, 1.165) is 35.7 Å². The molecule has 4 heterocycles. The number of aromatic nitrogens is 5. The van der Waals surface area contributed by atoms with Gasteiger partial charge in [0.05, 0.1) is 11.1 Å². The van der Waals surface area contributed by atoms with Crippen molar-refractivity contribution in [3.05, 3.63) is 58.9 Å². The van der Waals surface area contributed by atoms with Gasteiger partial charge in [0.2, 0.25) is 5.95 Å². The van der Waals surface area contributed by atoms with E-state index in [9.17, 15) is 10.1 Å². The van der Waals surface area contributed by atoms with E-state index >= 15 is 0 Å². The molecule has 2 fully saturated rings. The summed E-state index contributed by atoms with van der Waals surface area (Å²) in [5.41, 5.74) is 8.73. The third-order valence-electron chi connectivity index (χ3n) is 7.40. The van der Waals surface area contributed by atoms with Gasteiger partial charge in [0.25, 0.3) is 5.69 Å². The van der Waals surface area contributed by atoms with Gasteiger partial charge in [-0.2, -0.15) is 14.6 Å². The highest BCUT2D eigenvalue weighted by atomic mass is 16.6. The number of phenolic OH excluding ortho intramolecular Hbond substituents is 1. The van der Waals surface area contributed by atoms with E-state index in [1.807, 2.05) is 41.5 Å². The fourth-order valence-corrected chi connectivity index (χ4v) is 5.21. The average Bonchev–Trinajstić information content (AvgIpc) is 3.66. The van der Waals surface area contributed by atoms with E-state index < -0.39 is 4.92 Å². The molecule has 226 valence electrons. The lowest BCUT2D eigenvalue weighted by molar-refractivity contribution is -0.384. The Bertz CT molecular complexity index is 1400. The normalized spacial score (nSPS) is 15.7. The van der Waals surface area contributed by atoms with Gasteiger partial charge in [0.15, 0.2) is 5.65 Å². The molecular weight excluding hydrogens is 536 g/mol. The average molecular weight is 579 g/mol. The Morgan fingerprint density at radius 1 is 1.00 bits per heavy atom. The van der Waals surface area contributed by atoms with Crippen LogP contribution in [-0.4, -0.2) is 54.1 Å². The number of nitrogen functional groups attached to an aromatic ring is 1. The molecule has 0 radical (unpaired) electrons. The highest BCUT2D eigenvalue weighted by Crippen LogP contribution is 2.33. The Morgan fingerprint density at radius 3 is 2.21 bits per heavy atom. The number of hydrogen-bond donors (Lipinski definition) is 2. The summed E-state index contributed by atoms with van der Waals surface area (Å²) in [5.74, 6) is 1.36. The van der Waals surface area contributed by atoms with Gasteiger partial charge in [-0.05, 0) is 57.4 Å². The zero-order chi connectivity index (χ0) is 29.9. The van der Waals surface area contributed by atoms with Crippen molar-refractivity contribution in [1.82, 2.24) is 24.4 Å². The SMILES string of the molecule is C1CCCCC1.CCOC(C)n1cc(-c2ccc3nc(N)nn3c2N2CCCCC2)cn1.O=[N+]([O-])c1ccc(O)cc1. The van der Waals surface area contributed by atoms with E-state index in [2.05, 4.69) is 26.1 Å². The van der Waals surface area contributed by atoms with Crippen LogP contribution in [0.25, 0.3) is 16.8 Å². The second-order valence-electron chi connectivity index (χ2n) is 10.5. The maximum Gasteiger partial charge on any atom is 0.269 e. The minimum atomic E-state index is -0.514. The van der Waals surface area contributed by atoms with Crippen LogP contribution in [0.4, 0.5) is 17.5 Å². The standard InChI is InChI=1S/C18H25N7O.C6H5NO3.C6H12/c1-3-26-13(2)24-12-14(11-20-24)15-7-8-16-21-18(19)22-25(16)17(15)23-9-5-4-6-10-23;8-6-3-1-5(2-4-6)7(9)10;1-2-4-6-5-3-1/h7-8,11-13H,3-6,9-10H2,1-2H3,(H2,19,22);1-4,8H;1-6H2. The Hall–Kier alpha value is -4.19. The van der Waals surface area contributed by atoms with Crippen molar-refractivity contribution in [1.29, 1.82) is 0 Å². The molecule has 3 aromatic heterocycles. The molecule has 12 heteroatoms. The van der Waals surface area contributed by atoms with Gasteiger partial charge in [-0.1, -0.05) is 38.5 Å². The predicted octanol–water partition coefficient (Wildman–Crippen LogP) is 6.36. The van der Waals surface area contributed by atoms with E-state index in [0.29, 0.717) is 12.6 Å². The van der Waals surface area contributed by atoms with Crippen LogP contribution < -0.4 is 10.6 Å². The molecule has 0 amide bonds. The van der Waals surface area contributed by atoms with Gasteiger partial charge in [-0.15, -0.1) is 5.10 Å². The molecule has 1 aromatic carbocycles. The van der Waals surface area contributed by atoms with Crippen LogP contribution in [0.3, 0.4) is 0 Å². The second-order valence-corrected chi connectivity index (χ2v) is 10.5. The smallest absolute Gasteiger partial charge is 0.269 e. The summed E-state index contributed by atoms with van der Waals surface area (Å²) in [6.45, 7) is 6.65. The van der Waals surface area contributed by atoms with Crippen molar-refractivity contribution in [2.24, 2.45) is 0 Å². The first kappa shape index (κ1) is 30.8. The van der Waals surface area contributed by atoms with Crippen molar-refractivity contribution < 1.29 is 14.8 Å². The van der Waals surface area contributed by atoms with Crippen LogP contribution >= 0.6 is 0 Å². The molecule has 0 bridgehead atoms. The van der Waals surface area contributed by atoms with E-state index in [-0.39, 0.29) is 17.7 Å². The summed E-state index contributed by atoms with van der Waals surface area (Å²) in [4.78, 5) is 16.2. The first-order valence-corrected chi connectivity index (χ1v) is 14.9. The molecule has 1 saturated heterocycles. The molecule has 1 unspecified atom stereocenters. The molecule has 6 rings (SSSR count). The first-order valence-electron chi connectivity index (χ1n) is 14.9. The summed E-state index contributed by atoms with van der Waals surface area (Å²) in [7, 11) is 0. The van der Waals surface area contributed by atoms with Crippen molar-refractivity contribution >= 4 is 23.1 Å². The van der Waals surface area contributed by atoms with Crippen molar-refractivity contribution in [3.63, 3.8) is 0 Å². The maximum atomic E-state index is 10.0. The summed E-state index contributed by atoms with van der Waals surface area (Å²) in [6, 6.07) is 9.08. The maximum absolute atomic E-state index is 10.0. The number of nitro groups is 1. The minimum Gasteiger partial charge on any atom is -0.508 e. The summed E-state index contributed by atoms with van der Waals surface area (Å²) in [5, 5.41) is 27.7. The molecule has 0 spiro atoms. The zero-order valence-electron chi connectivity index (χ0n) is 24.6. The van der Waals surface area contributed by atoms with Gasteiger partial charge >= 0.3 is 0 Å². The number of phenols is 1.